The smallest absolute Gasteiger partial charge is 0.255 e. The first kappa shape index (κ1) is 16.3. The second kappa shape index (κ2) is 6.37. The Hall–Kier alpha value is -1.05. The highest BCUT2D eigenvalue weighted by atomic mass is 79.9. The summed E-state index contributed by atoms with van der Waals surface area (Å²) in [7, 11) is 2.00. The molecule has 0 saturated carbocycles. The molecule has 0 radical (unpaired) electrons. The Morgan fingerprint density at radius 2 is 2.10 bits per heavy atom. The zero-order valence-corrected chi connectivity index (χ0v) is 14.1. The van der Waals surface area contributed by atoms with Gasteiger partial charge in [0.1, 0.15) is 5.82 Å². The van der Waals surface area contributed by atoms with Crippen LogP contribution in [-0.4, -0.2) is 41.5 Å². The fraction of sp³-hybridized carbons (Fsp3) is 0.429. The van der Waals surface area contributed by atoms with Gasteiger partial charge >= 0.3 is 0 Å². The van der Waals surface area contributed by atoms with Crippen LogP contribution in [0, 0.1) is 5.82 Å². The number of nitrogens with one attached hydrogen (secondary N) is 1. The van der Waals surface area contributed by atoms with Crippen LogP contribution < -0.4 is 11.1 Å². The van der Waals surface area contributed by atoms with Crippen LogP contribution in [0.3, 0.4) is 0 Å². The molecule has 1 aliphatic heterocycles. The van der Waals surface area contributed by atoms with E-state index in [4.69, 9.17) is 18.0 Å². The molecule has 0 spiro atoms. The highest BCUT2D eigenvalue weighted by Crippen LogP contribution is 2.24. The Bertz CT molecular complexity index is 573. The highest BCUT2D eigenvalue weighted by molar-refractivity contribution is 9.10. The van der Waals surface area contributed by atoms with Crippen molar-refractivity contribution in [1.29, 1.82) is 0 Å². The Morgan fingerprint density at radius 3 is 2.67 bits per heavy atom. The first-order valence-electron chi connectivity index (χ1n) is 6.61. The summed E-state index contributed by atoms with van der Waals surface area (Å²) in [4.78, 5) is 14.8. The van der Waals surface area contributed by atoms with Crippen LogP contribution in [0.5, 0.6) is 0 Å². The summed E-state index contributed by atoms with van der Waals surface area (Å²) in [6, 6.07) is 4.60. The Balaban J connectivity index is 2.23. The molecular formula is C14H17BrFN3OS. The molecule has 1 heterocycles. The largest absolute Gasteiger partial charge is 0.391 e. The number of piperidine rings is 1. The van der Waals surface area contributed by atoms with E-state index in [1.54, 1.807) is 12.1 Å². The maximum atomic E-state index is 14.0. The predicted molar refractivity (Wildman–Crippen MR) is 87.8 cm³/mol. The van der Waals surface area contributed by atoms with Crippen LogP contribution in [-0.2, 0) is 0 Å². The molecule has 2 rings (SSSR count). The SMILES string of the molecule is CN1CCC(NC(=O)c2cccc(Br)c2F)(C(N)=S)CC1. The van der Waals surface area contributed by atoms with Gasteiger partial charge in [0.2, 0.25) is 0 Å². The quantitative estimate of drug-likeness (QED) is 0.796. The topological polar surface area (TPSA) is 58.4 Å². The lowest BCUT2D eigenvalue weighted by atomic mass is 9.87. The van der Waals surface area contributed by atoms with E-state index < -0.39 is 17.3 Å². The van der Waals surface area contributed by atoms with E-state index in [1.165, 1.54) is 6.07 Å². The number of nitrogens with zero attached hydrogens (tertiary/aromatic N) is 1. The maximum absolute atomic E-state index is 14.0. The third kappa shape index (κ3) is 3.41. The van der Waals surface area contributed by atoms with E-state index in [0.29, 0.717) is 12.8 Å². The average Bonchev–Trinajstić information content (AvgIpc) is 2.44. The minimum Gasteiger partial charge on any atom is -0.391 e. The minimum atomic E-state index is -0.742. The third-order valence-corrected chi connectivity index (χ3v) is 4.86. The number of hydrogen-bond acceptors (Lipinski definition) is 3. The predicted octanol–water partition coefficient (Wildman–Crippen LogP) is 2.07. The van der Waals surface area contributed by atoms with Crippen LogP contribution >= 0.6 is 28.1 Å². The number of rotatable bonds is 3. The van der Waals surface area contributed by atoms with E-state index in [2.05, 4.69) is 26.1 Å². The summed E-state index contributed by atoms with van der Waals surface area (Å²) in [5.74, 6) is -1.08. The number of nitrogens with two attached hydrogens (primary N) is 1. The summed E-state index contributed by atoms with van der Waals surface area (Å²) < 4.78 is 14.3. The van der Waals surface area contributed by atoms with Crippen LogP contribution in [0.1, 0.15) is 23.2 Å². The number of benzene rings is 1. The molecule has 0 aromatic heterocycles. The zero-order chi connectivity index (χ0) is 15.6. The van der Waals surface area contributed by atoms with Crippen molar-refractivity contribution in [3.63, 3.8) is 0 Å². The lowest BCUT2D eigenvalue weighted by Gasteiger charge is -2.40. The normalized spacial score (nSPS) is 18.2. The van der Waals surface area contributed by atoms with Gasteiger partial charge in [0.15, 0.2) is 0 Å². The molecule has 0 atom stereocenters. The van der Waals surface area contributed by atoms with E-state index in [1.807, 2.05) is 7.05 Å². The monoisotopic (exact) mass is 373 g/mol. The molecule has 21 heavy (non-hydrogen) atoms. The van der Waals surface area contributed by atoms with Crippen LogP contribution in [0.15, 0.2) is 22.7 Å². The maximum Gasteiger partial charge on any atom is 0.255 e. The molecule has 0 aliphatic carbocycles. The average molecular weight is 374 g/mol. The summed E-state index contributed by atoms with van der Waals surface area (Å²) in [5.41, 5.74) is 5.08. The van der Waals surface area contributed by atoms with Crippen molar-refractivity contribution in [2.75, 3.05) is 20.1 Å². The molecule has 1 fully saturated rings. The summed E-state index contributed by atoms with van der Waals surface area (Å²) in [5, 5.41) is 2.84. The molecule has 4 nitrogen and oxygen atoms in total. The van der Waals surface area contributed by atoms with Gasteiger partial charge in [-0.1, -0.05) is 18.3 Å². The number of thiocarbonyl (C=S) groups is 1. The number of carbonyl (C=O) groups is 1. The van der Waals surface area contributed by atoms with Gasteiger partial charge in [-0.25, -0.2) is 4.39 Å². The fourth-order valence-corrected chi connectivity index (χ4v) is 3.02. The van der Waals surface area contributed by atoms with Crippen molar-refractivity contribution in [2.45, 2.75) is 18.4 Å². The molecule has 1 aliphatic rings. The van der Waals surface area contributed by atoms with Gasteiger partial charge < -0.3 is 16.0 Å². The van der Waals surface area contributed by atoms with Crippen LogP contribution in [0.25, 0.3) is 0 Å². The Morgan fingerprint density at radius 1 is 1.48 bits per heavy atom. The third-order valence-electron chi connectivity index (χ3n) is 3.86. The van der Waals surface area contributed by atoms with Crippen molar-refractivity contribution in [3.8, 4) is 0 Å². The Kier molecular flexibility index (Phi) is 4.95. The molecule has 0 bridgehead atoms. The van der Waals surface area contributed by atoms with E-state index in [9.17, 15) is 9.18 Å². The molecule has 1 saturated heterocycles. The molecule has 7 heteroatoms. The van der Waals surface area contributed by atoms with Crippen molar-refractivity contribution >= 4 is 39.0 Å². The van der Waals surface area contributed by atoms with Crippen molar-refractivity contribution in [3.05, 3.63) is 34.1 Å². The van der Waals surface area contributed by atoms with Gasteiger partial charge in [-0.05, 0) is 48.0 Å². The van der Waals surface area contributed by atoms with E-state index in [0.717, 1.165) is 13.1 Å². The summed E-state index contributed by atoms with van der Waals surface area (Å²) >= 11 is 8.21. The molecule has 3 N–H and O–H groups in total. The van der Waals surface area contributed by atoms with Crippen molar-refractivity contribution < 1.29 is 9.18 Å². The van der Waals surface area contributed by atoms with Gasteiger partial charge in [0, 0.05) is 13.1 Å². The number of likely N-dealkylation sites (tertiary alicyclic amines) is 1. The fourth-order valence-electron chi connectivity index (χ4n) is 2.40. The van der Waals surface area contributed by atoms with E-state index in [-0.39, 0.29) is 15.0 Å². The lowest BCUT2D eigenvalue weighted by Crippen LogP contribution is -2.61. The molecular weight excluding hydrogens is 357 g/mol. The second-order valence-electron chi connectivity index (χ2n) is 5.31. The lowest BCUT2D eigenvalue weighted by molar-refractivity contribution is 0.0886. The van der Waals surface area contributed by atoms with Gasteiger partial charge in [-0.2, -0.15) is 0 Å². The number of hydrogen-bond donors (Lipinski definition) is 2. The van der Waals surface area contributed by atoms with Crippen LogP contribution in [0.4, 0.5) is 4.39 Å². The van der Waals surface area contributed by atoms with Crippen molar-refractivity contribution in [1.82, 2.24) is 10.2 Å². The standard InChI is InChI=1S/C14H17BrFN3OS/c1-19-7-5-14(6-8-19,13(17)21)18-12(20)9-3-2-4-10(15)11(9)16/h2-4H,5-8H2,1H3,(H2,17,21)(H,18,20). The van der Waals surface area contributed by atoms with Gasteiger partial charge in [-0.15, -0.1) is 0 Å². The minimum absolute atomic E-state index is 0.0149. The number of carbonyl (C=O) groups excluding carboxylic acids is 1. The van der Waals surface area contributed by atoms with Gasteiger partial charge in [0.25, 0.3) is 5.91 Å². The van der Waals surface area contributed by atoms with E-state index >= 15 is 0 Å². The molecule has 1 aromatic rings. The molecule has 1 amide bonds. The summed E-state index contributed by atoms with van der Waals surface area (Å²) in [6.45, 7) is 1.55. The number of halogens is 2. The van der Waals surface area contributed by atoms with Crippen LogP contribution in [0.2, 0.25) is 0 Å². The van der Waals surface area contributed by atoms with Crippen molar-refractivity contribution in [2.24, 2.45) is 5.73 Å². The zero-order valence-electron chi connectivity index (χ0n) is 11.7. The molecule has 1 aromatic carbocycles. The molecule has 0 unspecified atom stereocenters. The van der Waals surface area contributed by atoms with Gasteiger partial charge in [-0.3, -0.25) is 4.79 Å². The summed E-state index contributed by atoms with van der Waals surface area (Å²) in [6.07, 6.45) is 1.25. The first-order chi connectivity index (χ1) is 9.85. The van der Waals surface area contributed by atoms with Gasteiger partial charge in [0.05, 0.1) is 20.6 Å². The Labute approximate surface area is 137 Å². The molecule has 114 valence electrons. The highest BCUT2D eigenvalue weighted by Gasteiger charge is 2.38. The second-order valence-corrected chi connectivity index (χ2v) is 6.60. The number of amides is 1. The first-order valence-corrected chi connectivity index (χ1v) is 7.81.